The molecule has 6 nitrogen and oxygen atoms in total. The van der Waals surface area contributed by atoms with Crippen LogP contribution in [0.2, 0.25) is 0 Å². The molecule has 2 aliphatic rings. The van der Waals surface area contributed by atoms with Crippen molar-refractivity contribution in [1.82, 2.24) is 4.90 Å². The van der Waals surface area contributed by atoms with Crippen molar-refractivity contribution in [3.05, 3.63) is 127 Å². The molecule has 7 rings (SSSR count). The maximum atomic E-state index is 4.48. The lowest BCUT2D eigenvalue weighted by Crippen LogP contribution is -2.46. The quantitative estimate of drug-likeness (QED) is 0.0795. The number of hydrogen-bond donors (Lipinski definition) is 0. The molecule has 284 valence electrons. The van der Waals surface area contributed by atoms with Crippen LogP contribution in [0.4, 0.5) is 28.4 Å². The summed E-state index contributed by atoms with van der Waals surface area (Å²) in [5, 5.41) is 17.8. The minimum atomic E-state index is 0.728. The molecule has 0 atom stereocenters. The molecule has 5 aromatic carbocycles. The first-order chi connectivity index (χ1) is 27.1. The van der Waals surface area contributed by atoms with E-state index >= 15 is 0 Å². The third kappa shape index (κ3) is 10.9. The number of nitrogens with zero attached hydrogens (tertiary/aromatic N) is 6. The van der Waals surface area contributed by atoms with E-state index in [1.807, 2.05) is 48.5 Å². The molecule has 1 aliphatic heterocycles. The van der Waals surface area contributed by atoms with Gasteiger partial charge in [0.1, 0.15) is 0 Å². The van der Waals surface area contributed by atoms with Crippen molar-refractivity contribution in [3.63, 3.8) is 0 Å². The van der Waals surface area contributed by atoms with Crippen molar-refractivity contribution in [2.24, 2.45) is 26.4 Å². The zero-order valence-corrected chi connectivity index (χ0v) is 33.0. The third-order valence-corrected chi connectivity index (χ3v) is 11.7. The maximum Gasteiger partial charge on any atom is 0.0858 e. The van der Waals surface area contributed by atoms with Gasteiger partial charge in [0.05, 0.1) is 22.7 Å². The molecule has 1 heterocycles. The van der Waals surface area contributed by atoms with Crippen LogP contribution in [0.3, 0.4) is 0 Å². The standard InChI is InChI=1S/C49H58N6/c1-3-5-7-8-38-9-11-39(12-10-38)40-13-15-41(16-14-40)42-17-19-43(20-18-42)44-21-23-45(24-22-44)50-51-46-25-27-47(28-26-46)52-53-48-29-31-49(32-30-48)55-36-34-54(35-37-55)33-6-4-2/h13-32,38-39H,3-12,33-37H2,1-2H3. The van der Waals surface area contributed by atoms with Crippen LogP contribution >= 0.6 is 0 Å². The molecule has 1 aliphatic carbocycles. The summed E-state index contributed by atoms with van der Waals surface area (Å²) in [5.41, 5.74) is 10.9. The van der Waals surface area contributed by atoms with E-state index in [1.165, 1.54) is 98.7 Å². The van der Waals surface area contributed by atoms with Gasteiger partial charge in [-0.2, -0.15) is 20.5 Å². The third-order valence-electron chi connectivity index (χ3n) is 11.7. The fourth-order valence-electron chi connectivity index (χ4n) is 8.15. The average molecular weight is 731 g/mol. The van der Waals surface area contributed by atoms with Crippen molar-refractivity contribution in [2.75, 3.05) is 37.6 Å². The second kappa shape index (κ2) is 19.6. The summed E-state index contributed by atoms with van der Waals surface area (Å²) in [6.07, 6.45) is 13.6. The molecule has 5 aromatic rings. The van der Waals surface area contributed by atoms with E-state index in [0.29, 0.717) is 0 Å². The van der Waals surface area contributed by atoms with E-state index in [2.05, 4.69) is 117 Å². The Morgan fingerprint density at radius 2 is 0.873 bits per heavy atom. The van der Waals surface area contributed by atoms with Crippen LogP contribution in [-0.2, 0) is 0 Å². The number of unbranched alkanes of at least 4 members (excludes halogenated alkanes) is 3. The van der Waals surface area contributed by atoms with Gasteiger partial charge in [0.15, 0.2) is 0 Å². The monoisotopic (exact) mass is 730 g/mol. The second-order valence-electron chi connectivity index (χ2n) is 15.6. The lowest BCUT2D eigenvalue weighted by Gasteiger charge is -2.36. The zero-order chi connectivity index (χ0) is 37.7. The molecule has 0 radical (unpaired) electrons. The Morgan fingerprint density at radius 3 is 1.35 bits per heavy atom. The molecule has 0 unspecified atom stereocenters. The fourth-order valence-corrected chi connectivity index (χ4v) is 8.15. The molecule has 55 heavy (non-hydrogen) atoms. The van der Waals surface area contributed by atoms with Crippen molar-refractivity contribution < 1.29 is 0 Å². The lowest BCUT2D eigenvalue weighted by atomic mass is 9.77. The van der Waals surface area contributed by atoms with Crippen LogP contribution in [0, 0.1) is 5.92 Å². The molecule has 6 heteroatoms. The molecule has 1 saturated carbocycles. The Bertz CT molecular complexity index is 1930. The van der Waals surface area contributed by atoms with Crippen LogP contribution in [0.15, 0.2) is 142 Å². The highest BCUT2D eigenvalue weighted by atomic mass is 15.3. The van der Waals surface area contributed by atoms with Crippen molar-refractivity contribution in [1.29, 1.82) is 0 Å². The van der Waals surface area contributed by atoms with Gasteiger partial charge in [0.2, 0.25) is 0 Å². The van der Waals surface area contributed by atoms with Gasteiger partial charge in [-0.3, -0.25) is 4.90 Å². The first kappa shape index (κ1) is 38.3. The molecule has 0 bridgehead atoms. The summed E-state index contributed by atoms with van der Waals surface area (Å²) in [6, 6.07) is 42.6. The van der Waals surface area contributed by atoms with E-state index in [9.17, 15) is 0 Å². The summed E-state index contributed by atoms with van der Waals surface area (Å²) in [4.78, 5) is 5.04. The summed E-state index contributed by atoms with van der Waals surface area (Å²) >= 11 is 0. The first-order valence-electron chi connectivity index (χ1n) is 21.0. The van der Waals surface area contributed by atoms with Crippen LogP contribution in [0.25, 0.3) is 22.3 Å². The topological polar surface area (TPSA) is 55.9 Å². The number of piperazine rings is 1. The van der Waals surface area contributed by atoms with Crippen LogP contribution in [0.1, 0.15) is 89.5 Å². The molecular weight excluding hydrogens is 673 g/mol. The van der Waals surface area contributed by atoms with E-state index in [-0.39, 0.29) is 0 Å². The van der Waals surface area contributed by atoms with Crippen molar-refractivity contribution in [3.8, 4) is 22.3 Å². The van der Waals surface area contributed by atoms with E-state index in [0.717, 1.165) is 66.3 Å². The predicted octanol–water partition coefficient (Wildman–Crippen LogP) is 14.6. The first-order valence-corrected chi connectivity index (χ1v) is 21.0. The number of benzene rings is 5. The van der Waals surface area contributed by atoms with Gasteiger partial charge < -0.3 is 4.90 Å². The predicted molar refractivity (Wildman–Crippen MR) is 231 cm³/mol. The largest absolute Gasteiger partial charge is 0.369 e. The van der Waals surface area contributed by atoms with Gasteiger partial charge in [-0.15, -0.1) is 0 Å². The Kier molecular flexibility index (Phi) is 13.7. The molecule has 2 fully saturated rings. The molecule has 0 amide bonds. The second-order valence-corrected chi connectivity index (χ2v) is 15.6. The Hall–Kier alpha value is -4.94. The molecular formula is C49H58N6. The highest BCUT2D eigenvalue weighted by Gasteiger charge is 2.22. The highest BCUT2D eigenvalue weighted by Crippen LogP contribution is 2.38. The smallest absolute Gasteiger partial charge is 0.0858 e. The molecule has 0 N–H and O–H groups in total. The maximum absolute atomic E-state index is 4.48. The summed E-state index contributed by atoms with van der Waals surface area (Å²) in [6.45, 7) is 10.2. The van der Waals surface area contributed by atoms with Crippen LogP contribution in [0.5, 0.6) is 0 Å². The Balaban J connectivity index is 0.868. The lowest BCUT2D eigenvalue weighted by molar-refractivity contribution is 0.254. The minimum Gasteiger partial charge on any atom is -0.369 e. The van der Waals surface area contributed by atoms with Gasteiger partial charge in [-0.05, 0) is 139 Å². The number of hydrogen-bond acceptors (Lipinski definition) is 6. The molecule has 0 spiro atoms. The van der Waals surface area contributed by atoms with Gasteiger partial charge in [-0.25, -0.2) is 0 Å². The number of rotatable bonds is 15. The summed E-state index contributed by atoms with van der Waals surface area (Å²) < 4.78 is 0. The van der Waals surface area contributed by atoms with Gasteiger partial charge in [-0.1, -0.05) is 107 Å². The van der Waals surface area contributed by atoms with Crippen LogP contribution < -0.4 is 4.90 Å². The van der Waals surface area contributed by atoms with Gasteiger partial charge in [0, 0.05) is 31.9 Å². The fraction of sp³-hybridized carbons (Fsp3) is 0.388. The van der Waals surface area contributed by atoms with E-state index in [1.54, 1.807) is 0 Å². The van der Waals surface area contributed by atoms with Gasteiger partial charge >= 0.3 is 0 Å². The van der Waals surface area contributed by atoms with Crippen molar-refractivity contribution >= 4 is 28.4 Å². The highest BCUT2D eigenvalue weighted by molar-refractivity contribution is 5.71. The van der Waals surface area contributed by atoms with Crippen LogP contribution in [-0.4, -0.2) is 37.6 Å². The minimum absolute atomic E-state index is 0.728. The normalized spacial score (nSPS) is 18.0. The SMILES string of the molecule is CCCCCC1CCC(c2ccc(-c3ccc(-c4ccc(N=Nc5ccc(N=Nc6ccc(N7CCN(CCCC)CC7)cc6)cc5)cc4)cc3)cc2)CC1. The average Bonchev–Trinajstić information content (AvgIpc) is 3.26. The van der Waals surface area contributed by atoms with E-state index < -0.39 is 0 Å². The summed E-state index contributed by atoms with van der Waals surface area (Å²) in [7, 11) is 0. The zero-order valence-electron chi connectivity index (χ0n) is 33.0. The van der Waals surface area contributed by atoms with E-state index in [4.69, 9.17) is 0 Å². The summed E-state index contributed by atoms with van der Waals surface area (Å²) in [5.74, 6) is 1.68. The molecule has 1 saturated heterocycles. The number of azo groups is 2. The molecule has 0 aromatic heterocycles. The van der Waals surface area contributed by atoms with Crippen molar-refractivity contribution in [2.45, 2.75) is 84.0 Å². The Labute approximate surface area is 329 Å². The Morgan fingerprint density at radius 1 is 0.455 bits per heavy atom. The van der Waals surface area contributed by atoms with Gasteiger partial charge in [0.25, 0.3) is 0 Å². The number of anilines is 1.